The number of imide groups is 1. The van der Waals surface area contributed by atoms with Crippen LogP contribution in [0.2, 0.25) is 0 Å². The lowest BCUT2D eigenvalue weighted by Crippen LogP contribution is -2.39. The van der Waals surface area contributed by atoms with E-state index >= 15 is 0 Å². The number of benzene rings is 1. The van der Waals surface area contributed by atoms with E-state index in [1.165, 1.54) is 0 Å². The van der Waals surface area contributed by atoms with Crippen LogP contribution >= 0.6 is 11.3 Å². The summed E-state index contributed by atoms with van der Waals surface area (Å²) in [4.78, 5) is 25.8. The van der Waals surface area contributed by atoms with Crippen molar-refractivity contribution in [2.45, 2.75) is 37.5 Å². The minimum Gasteiger partial charge on any atom is -0.503 e. The van der Waals surface area contributed by atoms with Gasteiger partial charge in [0.25, 0.3) is 12.3 Å². The summed E-state index contributed by atoms with van der Waals surface area (Å²) in [7, 11) is 0. The molecule has 2 aliphatic rings. The molecular weight excluding hydrogens is 473 g/mol. The van der Waals surface area contributed by atoms with Gasteiger partial charge in [-0.1, -0.05) is 11.3 Å². The van der Waals surface area contributed by atoms with Crippen molar-refractivity contribution < 1.29 is 45.4 Å². The highest BCUT2D eigenvalue weighted by molar-refractivity contribution is 7.14. The monoisotopic (exact) mass is 484 g/mol. The van der Waals surface area contributed by atoms with Crippen LogP contribution in [0.15, 0.2) is 6.07 Å². The first-order chi connectivity index (χ1) is 14.9. The summed E-state index contributed by atoms with van der Waals surface area (Å²) in [6.07, 6.45) is -7.86. The van der Waals surface area contributed by atoms with Crippen LogP contribution in [-0.2, 0) is 11.3 Å². The molecule has 1 saturated carbocycles. The molecule has 1 spiro atoms. The molecule has 15 heteroatoms. The van der Waals surface area contributed by atoms with E-state index in [1.807, 2.05) is 0 Å². The van der Waals surface area contributed by atoms with E-state index in [9.17, 15) is 45.4 Å². The second kappa shape index (κ2) is 7.28. The number of carbonyl (C=O) groups is 2. The van der Waals surface area contributed by atoms with Gasteiger partial charge in [0.15, 0.2) is 22.4 Å². The Morgan fingerprint density at radius 3 is 2.38 bits per heavy atom. The molecule has 0 unspecified atom stereocenters. The molecule has 32 heavy (non-hydrogen) atoms. The summed E-state index contributed by atoms with van der Waals surface area (Å²) in [5, 5.41) is 16.3. The van der Waals surface area contributed by atoms with Gasteiger partial charge in [-0.05, 0) is 18.9 Å². The third kappa shape index (κ3) is 3.53. The van der Waals surface area contributed by atoms with Gasteiger partial charge in [0.2, 0.25) is 0 Å². The molecule has 172 valence electrons. The van der Waals surface area contributed by atoms with E-state index in [-0.39, 0.29) is 27.8 Å². The number of amides is 3. The predicted molar refractivity (Wildman–Crippen MR) is 92.6 cm³/mol. The quantitative estimate of drug-likeness (QED) is 0.513. The van der Waals surface area contributed by atoms with Gasteiger partial charge in [-0.25, -0.2) is 22.4 Å². The topological polar surface area (TPSA) is 86.6 Å². The zero-order chi connectivity index (χ0) is 23.6. The van der Waals surface area contributed by atoms with Crippen molar-refractivity contribution in [1.29, 1.82) is 0 Å². The Bertz CT molecular complexity index is 1120. The molecule has 2 aromatic rings. The highest BCUT2D eigenvalue weighted by atomic mass is 32.1. The van der Waals surface area contributed by atoms with Gasteiger partial charge in [0.1, 0.15) is 17.1 Å². The molecule has 4 rings (SSSR count). The van der Waals surface area contributed by atoms with Crippen LogP contribution < -0.4 is 0 Å². The van der Waals surface area contributed by atoms with Crippen LogP contribution in [0.1, 0.15) is 29.8 Å². The fraction of sp³-hybridized carbons (Fsp3) is 0.412. The summed E-state index contributed by atoms with van der Waals surface area (Å²) in [5.74, 6) is -6.00. The number of carbonyl (C=O) groups excluding carboxylic acids is 2. The summed E-state index contributed by atoms with van der Waals surface area (Å²) in [6, 6.07) is -0.718. The Morgan fingerprint density at radius 2 is 1.81 bits per heavy atom. The first-order valence-corrected chi connectivity index (χ1v) is 9.69. The van der Waals surface area contributed by atoms with Crippen molar-refractivity contribution >= 4 is 23.3 Å². The van der Waals surface area contributed by atoms with Gasteiger partial charge >= 0.3 is 12.2 Å². The van der Waals surface area contributed by atoms with Crippen LogP contribution in [0.25, 0.3) is 10.6 Å². The second-order valence-electron chi connectivity index (χ2n) is 7.20. The molecule has 0 bridgehead atoms. The van der Waals surface area contributed by atoms with Crippen molar-refractivity contribution in [1.82, 2.24) is 20.0 Å². The first kappa shape index (κ1) is 22.2. The number of urea groups is 1. The Kier molecular flexibility index (Phi) is 5.06. The van der Waals surface area contributed by atoms with Crippen molar-refractivity contribution in [2.24, 2.45) is 0 Å². The summed E-state index contributed by atoms with van der Waals surface area (Å²) in [5.41, 5.74) is -3.36. The average molecular weight is 484 g/mol. The summed E-state index contributed by atoms with van der Waals surface area (Å²) >= 11 is 0.582. The largest absolute Gasteiger partial charge is 0.503 e. The average Bonchev–Trinajstić information content (AvgIpc) is 3.34. The van der Waals surface area contributed by atoms with Crippen LogP contribution in [0.3, 0.4) is 0 Å². The predicted octanol–water partition coefficient (Wildman–Crippen LogP) is 3.99. The van der Waals surface area contributed by atoms with E-state index in [1.54, 1.807) is 0 Å². The molecule has 1 aliphatic heterocycles. The minimum absolute atomic E-state index is 0.0388. The molecule has 1 saturated heterocycles. The van der Waals surface area contributed by atoms with E-state index in [4.69, 9.17) is 0 Å². The highest BCUT2D eigenvalue weighted by Gasteiger charge is 2.65. The highest BCUT2D eigenvalue weighted by Crippen LogP contribution is 2.49. The maximum absolute atomic E-state index is 14.2. The maximum atomic E-state index is 14.2. The molecule has 2 heterocycles. The lowest BCUT2D eigenvalue weighted by Gasteiger charge is -2.19. The molecular formula is C17H11F7N4O3S. The van der Waals surface area contributed by atoms with E-state index < -0.39 is 71.7 Å². The van der Waals surface area contributed by atoms with E-state index in [0.29, 0.717) is 17.4 Å². The molecule has 3 amide bonds. The standard InChI is InChI=1S/C17H11F7N4O3S/c18-9-6(12(20)21)3-7(10(19)11(9)29)13-26-25-8(32-13)4-28-15(31)27(5-17(22,23)24)14(30)16(28)1-2-16/h3,12,29H,1-2,4-5H2. The normalized spacial score (nSPS) is 17.9. The second-order valence-corrected chi connectivity index (χ2v) is 8.26. The molecule has 2 fully saturated rings. The van der Waals surface area contributed by atoms with Crippen molar-refractivity contribution in [2.75, 3.05) is 6.54 Å². The third-order valence-corrected chi connectivity index (χ3v) is 6.06. The van der Waals surface area contributed by atoms with Gasteiger partial charge in [0, 0.05) is 0 Å². The SMILES string of the molecule is O=C1N(CC(F)(F)F)C(=O)C2(CC2)N1Cc1nnc(-c2cc(C(F)F)c(F)c(O)c2F)s1. The number of phenols is 1. The third-order valence-electron chi connectivity index (χ3n) is 5.11. The number of halogens is 7. The van der Waals surface area contributed by atoms with Gasteiger partial charge in [-0.2, -0.15) is 13.2 Å². The van der Waals surface area contributed by atoms with Crippen LogP contribution in [0.4, 0.5) is 35.5 Å². The molecule has 1 aromatic carbocycles. The fourth-order valence-corrected chi connectivity index (χ4v) is 4.28. The van der Waals surface area contributed by atoms with Crippen LogP contribution in [0.5, 0.6) is 5.75 Å². The molecule has 0 atom stereocenters. The number of rotatable bonds is 5. The number of nitrogens with zero attached hydrogens (tertiary/aromatic N) is 4. The maximum Gasteiger partial charge on any atom is 0.406 e. The Balaban J connectivity index is 1.62. The lowest BCUT2D eigenvalue weighted by molar-refractivity contribution is -0.153. The molecule has 1 aromatic heterocycles. The molecule has 1 N–H and O–H groups in total. The first-order valence-electron chi connectivity index (χ1n) is 8.88. The number of aromatic nitrogens is 2. The summed E-state index contributed by atoms with van der Waals surface area (Å²) < 4.78 is 92.0. The zero-order valence-electron chi connectivity index (χ0n) is 15.6. The van der Waals surface area contributed by atoms with E-state index in [0.717, 1.165) is 4.90 Å². The Morgan fingerprint density at radius 1 is 1.16 bits per heavy atom. The lowest BCUT2D eigenvalue weighted by atomic mass is 10.1. The number of alkyl halides is 5. The summed E-state index contributed by atoms with van der Waals surface area (Å²) in [6.45, 7) is -2.19. The van der Waals surface area contributed by atoms with Crippen molar-refractivity contribution in [3.63, 3.8) is 0 Å². The van der Waals surface area contributed by atoms with Crippen LogP contribution in [-0.4, -0.2) is 55.3 Å². The number of hydrogen-bond acceptors (Lipinski definition) is 6. The molecule has 0 radical (unpaired) electrons. The smallest absolute Gasteiger partial charge is 0.406 e. The van der Waals surface area contributed by atoms with Gasteiger partial charge < -0.3 is 10.0 Å². The number of phenolic OH excluding ortho intramolecular Hbond substituents is 1. The molecule has 1 aliphatic carbocycles. The number of hydrogen-bond donors (Lipinski definition) is 1. The Labute approximate surface area is 178 Å². The zero-order valence-corrected chi connectivity index (χ0v) is 16.4. The molecule has 7 nitrogen and oxygen atoms in total. The van der Waals surface area contributed by atoms with Crippen molar-refractivity contribution in [3.8, 4) is 16.3 Å². The van der Waals surface area contributed by atoms with E-state index in [2.05, 4.69) is 10.2 Å². The van der Waals surface area contributed by atoms with Crippen molar-refractivity contribution in [3.05, 3.63) is 28.3 Å². The number of aromatic hydroxyl groups is 1. The van der Waals surface area contributed by atoms with Gasteiger partial charge in [-0.3, -0.25) is 9.69 Å². The fourth-order valence-electron chi connectivity index (χ4n) is 3.44. The Hall–Kier alpha value is -2.97. The van der Waals surface area contributed by atoms with Crippen LogP contribution in [0, 0.1) is 11.6 Å². The minimum atomic E-state index is -4.79. The van der Waals surface area contributed by atoms with Gasteiger partial charge in [0.05, 0.1) is 17.7 Å². The van der Waals surface area contributed by atoms with Gasteiger partial charge in [-0.15, -0.1) is 10.2 Å².